The second-order valence-electron chi connectivity index (χ2n) is 7.00. The second kappa shape index (κ2) is 4.64. The smallest absolute Gasteiger partial charge is 0.0994 e. The third kappa shape index (κ3) is 2.67. The van der Waals surface area contributed by atoms with Gasteiger partial charge in [-0.05, 0) is 30.3 Å². The molecule has 0 heterocycles. The molecule has 0 saturated heterocycles. The van der Waals surface area contributed by atoms with Gasteiger partial charge in [0.1, 0.15) is 0 Å². The van der Waals surface area contributed by atoms with Crippen LogP contribution >= 0.6 is 0 Å². The fourth-order valence-corrected chi connectivity index (χ4v) is 5.77. The number of ether oxygens (including phenoxy) is 1. The maximum absolute atomic E-state index is 5.62. The minimum atomic E-state index is -0.977. The maximum atomic E-state index is 5.62. The molecule has 0 amide bonds. The van der Waals surface area contributed by atoms with Crippen molar-refractivity contribution in [3.63, 3.8) is 0 Å². The van der Waals surface area contributed by atoms with Gasteiger partial charge in [0.15, 0.2) is 0 Å². The highest BCUT2D eigenvalue weighted by Gasteiger charge is 2.44. The summed E-state index contributed by atoms with van der Waals surface area (Å²) in [5, 5.41) is 0. The topological polar surface area (TPSA) is 9.23 Å². The minimum Gasteiger partial charge on any atom is -0.501 e. The van der Waals surface area contributed by atoms with E-state index in [1.54, 1.807) is 0 Å². The molecule has 2 aliphatic rings. The zero-order valence-electron chi connectivity index (χ0n) is 11.9. The van der Waals surface area contributed by atoms with Crippen LogP contribution in [-0.4, -0.2) is 15.2 Å². The molecule has 0 radical (unpaired) electrons. The zero-order chi connectivity index (χ0) is 12.6. The Morgan fingerprint density at radius 2 is 2.06 bits per heavy atom. The molecule has 2 aliphatic carbocycles. The van der Waals surface area contributed by atoms with Crippen LogP contribution in [0, 0.1) is 23.7 Å². The van der Waals surface area contributed by atoms with Crippen molar-refractivity contribution in [2.24, 2.45) is 23.7 Å². The van der Waals surface area contributed by atoms with Crippen LogP contribution in [0.2, 0.25) is 25.7 Å². The molecule has 4 atom stereocenters. The van der Waals surface area contributed by atoms with Crippen molar-refractivity contribution < 1.29 is 4.74 Å². The van der Waals surface area contributed by atoms with Gasteiger partial charge in [-0.2, -0.15) is 0 Å². The highest BCUT2D eigenvalue weighted by atomic mass is 28.3. The van der Waals surface area contributed by atoms with Crippen molar-refractivity contribution in [2.45, 2.75) is 39.0 Å². The van der Waals surface area contributed by atoms with Gasteiger partial charge in [0.25, 0.3) is 0 Å². The molecule has 2 heteroatoms. The molecule has 4 unspecified atom stereocenters. The second-order valence-corrected chi connectivity index (χ2v) is 12.5. The third-order valence-electron chi connectivity index (χ3n) is 4.29. The van der Waals surface area contributed by atoms with E-state index in [0.717, 1.165) is 17.8 Å². The molecule has 96 valence electrons. The van der Waals surface area contributed by atoms with E-state index in [-0.39, 0.29) is 0 Å². The normalized spacial score (nSPS) is 36.6. The number of methoxy groups -OCH3 is 1. The van der Waals surface area contributed by atoms with Crippen molar-refractivity contribution in [1.82, 2.24) is 0 Å². The number of hydrogen-bond donors (Lipinski definition) is 0. The lowest BCUT2D eigenvalue weighted by Gasteiger charge is -2.30. The molecule has 2 rings (SSSR count). The Hall–Kier alpha value is -0.503. The van der Waals surface area contributed by atoms with E-state index in [4.69, 9.17) is 4.74 Å². The van der Waals surface area contributed by atoms with Gasteiger partial charge in [-0.15, -0.1) is 0 Å². The molecule has 1 fully saturated rings. The summed E-state index contributed by atoms with van der Waals surface area (Å²) in [6, 6.07) is 1.44. The van der Waals surface area contributed by atoms with Crippen LogP contribution in [0.5, 0.6) is 0 Å². The lowest BCUT2D eigenvalue weighted by atomic mass is 9.83. The van der Waals surface area contributed by atoms with Crippen molar-refractivity contribution in [3.8, 4) is 0 Å². The fourth-order valence-electron chi connectivity index (χ4n) is 3.77. The Balaban J connectivity index is 2.20. The lowest BCUT2D eigenvalue weighted by molar-refractivity contribution is 0.201. The number of hydrogen-bond acceptors (Lipinski definition) is 1. The summed E-state index contributed by atoms with van der Waals surface area (Å²) < 4.78 is 5.62. The first kappa shape index (κ1) is 12.9. The van der Waals surface area contributed by atoms with Crippen molar-refractivity contribution in [1.29, 1.82) is 0 Å². The number of fused-ring (bicyclic) bond motifs is 1. The Morgan fingerprint density at radius 1 is 1.35 bits per heavy atom. The van der Waals surface area contributed by atoms with Gasteiger partial charge in [0.2, 0.25) is 0 Å². The summed E-state index contributed by atoms with van der Waals surface area (Å²) >= 11 is 0. The van der Waals surface area contributed by atoms with Crippen LogP contribution in [0.25, 0.3) is 0 Å². The number of allylic oxidation sites excluding steroid dienone is 4. The average molecular weight is 250 g/mol. The minimum absolute atomic E-state index is 0.659. The molecule has 1 saturated carbocycles. The SMILES string of the molecule is COC1=CC=CC2C(C)CC(C[Si](C)(C)C)C12. The van der Waals surface area contributed by atoms with Gasteiger partial charge in [-0.25, -0.2) is 0 Å². The van der Waals surface area contributed by atoms with Crippen molar-refractivity contribution in [2.75, 3.05) is 7.11 Å². The summed E-state index contributed by atoms with van der Waals surface area (Å²) in [5.74, 6) is 4.27. The Morgan fingerprint density at radius 3 is 2.65 bits per heavy atom. The Kier molecular flexibility index (Phi) is 3.53. The summed E-state index contributed by atoms with van der Waals surface area (Å²) in [5.41, 5.74) is 0. The van der Waals surface area contributed by atoms with E-state index in [1.807, 2.05) is 7.11 Å². The van der Waals surface area contributed by atoms with Crippen LogP contribution in [0.4, 0.5) is 0 Å². The molecule has 1 nitrogen and oxygen atoms in total. The maximum Gasteiger partial charge on any atom is 0.0994 e. The molecule has 17 heavy (non-hydrogen) atoms. The van der Waals surface area contributed by atoms with Crippen LogP contribution < -0.4 is 0 Å². The predicted octanol–water partition coefficient (Wildman–Crippen LogP) is 4.31. The van der Waals surface area contributed by atoms with Crippen LogP contribution in [0.3, 0.4) is 0 Å². The van der Waals surface area contributed by atoms with E-state index in [2.05, 4.69) is 44.8 Å². The largest absolute Gasteiger partial charge is 0.501 e. The molecular weight excluding hydrogens is 224 g/mol. The fraction of sp³-hybridized carbons (Fsp3) is 0.733. The quantitative estimate of drug-likeness (QED) is 0.678. The predicted molar refractivity (Wildman–Crippen MR) is 76.6 cm³/mol. The van der Waals surface area contributed by atoms with Gasteiger partial charge in [0.05, 0.1) is 12.9 Å². The highest BCUT2D eigenvalue weighted by Crippen LogP contribution is 2.50. The lowest BCUT2D eigenvalue weighted by Crippen LogP contribution is -2.28. The molecule has 0 spiro atoms. The molecule has 0 aromatic heterocycles. The Bertz CT molecular complexity index is 337. The summed E-state index contributed by atoms with van der Waals surface area (Å²) in [7, 11) is 0.853. The summed E-state index contributed by atoms with van der Waals surface area (Å²) in [6.07, 6.45) is 8.15. The first-order valence-electron chi connectivity index (χ1n) is 6.85. The van der Waals surface area contributed by atoms with Gasteiger partial charge >= 0.3 is 0 Å². The van der Waals surface area contributed by atoms with Crippen molar-refractivity contribution >= 4 is 8.07 Å². The third-order valence-corrected chi connectivity index (χ3v) is 6.04. The molecule has 0 aliphatic heterocycles. The zero-order valence-corrected chi connectivity index (χ0v) is 12.9. The van der Waals surface area contributed by atoms with E-state index in [9.17, 15) is 0 Å². The van der Waals surface area contributed by atoms with Gasteiger partial charge < -0.3 is 4.74 Å². The van der Waals surface area contributed by atoms with Crippen LogP contribution in [0.15, 0.2) is 24.0 Å². The summed E-state index contributed by atoms with van der Waals surface area (Å²) in [6.45, 7) is 9.87. The van der Waals surface area contributed by atoms with E-state index in [1.165, 1.54) is 18.2 Å². The van der Waals surface area contributed by atoms with E-state index < -0.39 is 8.07 Å². The summed E-state index contributed by atoms with van der Waals surface area (Å²) in [4.78, 5) is 0. The monoisotopic (exact) mass is 250 g/mol. The standard InChI is InChI=1S/C15H26OSi/c1-11-9-12(10-17(3,4)5)15-13(11)7-6-8-14(15)16-2/h6-8,11-13,15H,9-10H2,1-5H3. The molecular formula is C15H26OSi. The molecule has 0 bridgehead atoms. The first-order chi connectivity index (χ1) is 7.92. The Labute approximate surface area is 107 Å². The van der Waals surface area contributed by atoms with Crippen LogP contribution in [-0.2, 0) is 4.74 Å². The average Bonchev–Trinajstić information content (AvgIpc) is 2.53. The van der Waals surface area contributed by atoms with E-state index >= 15 is 0 Å². The highest BCUT2D eigenvalue weighted by molar-refractivity contribution is 6.76. The molecule has 0 N–H and O–H groups in total. The first-order valence-corrected chi connectivity index (χ1v) is 10.6. The molecule has 0 aromatic carbocycles. The van der Waals surface area contributed by atoms with Crippen molar-refractivity contribution in [3.05, 3.63) is 24.0 Å². The molecule has 0 aromatic rings. The van der Waals surface area contributed by atoms with E-state index in [0.29, 0.717) is 5.92 Å². The van der Waals surface area contributed by atoms with Gasteiger partial charge in [-0.1, -0.05) is 44.8 Å². The number of rotatable bonds is 3. The van der Waals surface area contributed by atoms with Crippen LogP contribution in [0.1, 0.15) is 13.3 Å². The van der Waals surface area contributed by atoms with Gasteiger partial charge in [-0.3, -0.25) is 0 Å². The van der Waals surface area contributed by atoms with Gasteiger partial charge in [0, 0.05) is 14.0 Å².